The van der Waals surface area contributed by atoms with Crippen LogP contribution in [0, 0.1) is 23.7 Å². The molecule has 0 fully saturated rings. The second-order valence-electron chi connectivity index (χ2n) is 10.6. The van der Waals surface area contributed by atoms with Gasteiger partial charge >= 0.3 is 5.97 Å². The number of nitrogens with zero attached hydrogens (tertiary/aromatic N) is 1. The molecule has 3 atom stereocenters. The molecule has 2 aromatic rings. The van der Waals surface area contributed by atoms with Gasteiger partial charge in [-0.2, -0.15) is 0 Å². The lowest BCUT2D eigenvalue weighted by Crippen LogP contribution is -2.49. The standard InChI is InChI=1S/C29H37N3O6S/c1-17(2)21(14-25(34)38-15-19-8-6-5-7-9-19)28(36)32-26(18(3)4)23(33)13-20-12-22-24(39-16-31-22)10-11-30-29(37)27(20)35/h5-9,16-18,20-21,26H,10-15H2,1-4H3,(H,30,37)(H,32,36). The third-order valence-electron chi connectivity index (χ3n) is 6.93. The minimum absolute atomic E-state index is 0.114. The van der Waals surface area contributed by atoms with E-state index < -0.39 is 41.4 Å². The summed E-state index contributed by atoms with van der Waals surface area (Å²) < 4.78 is 5.37. The Bertz CT molecular complexity index is 1180. The SMILES string of the molecule is CC(C)C(CC(=O)OCc1ccccc1)C(=O)NC(C(=O)CC1Cc2ncsc2CCNC(=O)C1=O)C(C)C. The van der Waals surface area contributed by atoms with Crippen molar-refractivity contribution in [3.63, 3.8) is 0 Å². The van der Waals surface area contributed by atoms with E-state index in [9.17, 15) is 24.0 Å². The first-order chi connectivity index (χ1) is 18.6. The van der Waals surface area contributed by atoms with Crippen LogP contribution >= 0.6 is 11.3 Å². The number of ether oxygens (including phenoxy) is 1. The molecule has 0 saturated heterocycles. The maximum absolute atomic E-state index is 13.4. The van der Waals surface area contributed by atoms with Gasteiger partial charge in [0, 0.05) is 36.6 Å². The molecule has 3 rings (SSSR count). The van der Waals surface area contributed by atoms with Crippen molar-refractivity contribution in [2.24, 2.45) is 23.7 Å². The quantitative estimate of drug-likeness (QED) is 0.322. The molecule has 210 valence electrons. The van der Waals surface area contributed by atoms with Gasteiger partial charge in [0.05, 0.1) is 29.6 Å². The van der Waals surface area contributed by atoms with Crippen molar-refractivity contribution >= 4 is 40.7 Å². The number of hydrogen-bond donors (Lipinski definition) is 2. The van der Waals surface area contributed by atoms with Gasteiger partial charge in [0.2, 0.25) is 11.7 Å². The van der Waals surface area contributed by atoms with E-state index in [1.807, 2.05) is 44.2 Å². The van der Waals surface area contributed by atoms with Crippen LogP contribution in [-0.2, 0) is 48.2 Å². The second-order valence-corrected chi connectivity index (χ2v) is 11.5. The van der Waals surface area contributed by atoms with Crippen LogP contribution in [0.3, 0.4) is 0 Å². The molecule has 0 aliphatic carbocycles. The van der Waals surface area contributed by atoms with Gasteiger partial charge < -0.3 is 15.4 Å². The number of hydrogen-bond acceptors (Lipinski definition) is 8. The number of nitrogens with one attached hydrogen (secondary N) is 2. The summed E-state index contributed by atoms with van der Waals surface area (Å²) >= 11 is 1.46. The van der Waals surface area contributed by atoms with E-state index in [1.165, 1.54) is 11.3 Å². The van der Waals surface area contributed by atoms with Gasteiger partial charge in [0.25, 0.3) is 5.91 Å². The van der Waals surface area contributed by atoms with Crippen molar-refractivity contribution in [3.05, 3.63) is 52.0 Å². The predicted octanol–water partition coefficient (Wildman–Crippen LogP) is 3.05. The monoisotopic (exact) mass is 555 g/mol. The van der Waals surface area contributed by atoms with Crippen molar-refractivity contribution in [1.82, 2.24) is 15.6 Å². The van der Waals surface area contributed by atoms with Crippen LogP contribution in [0.2, 0.25) is 0 Å². The van der Waals surface area contributed by atoms with E-state index in [0.29, 0.717) is 13.0 Å². The summed E-state index contributed by atoms with van der Waals surface area (Å²) in [6, 6.07) is 8.39. The first-order valence-corrected chi connectivity index (χ1v) is 14.2. The molecule has 2 N–H and O–H groups in total. The third kappa shape index (κ3) is 8.54. The number of carbonyl (C=O) groups is 5. The van der Waals surface area contributed by atoms with E-state index in [1.54, 1.807) is 19.4 Å². The number of fused-ring (bicyclic) bond motifs is 1. The maximum Gasteiger partial charge on any atom is 0.306 e. The molecular formula is C29H37N3O6S. The zero-order valence-corrected chi connectivity index (χ0v) is 23.7. The van der Waals surface area contributed by atoms with E-state index in [4.69, 9.17) is 4.74 Å². The van der Waals surface area contributed by atoms with Crippen molar-refractivity contribution < 1.29 is 28.7 Å². The van der Waals surface area contributed by atoms with Crippen LogP contribution in [-0.4, -0.2) is 46.9 Å². The number of aromatic nitrogens is 1. The lowest BCUT2D eigenvalue weighted by atomic mass is 9.86. The molecule has 1 aromatic heterocycles. The number of benzene rings is 1. The van der Waals surface area contributed by atoms with Gasteiger partial charge in [0.15, 0.2) is 5.78 Å². The second kappa shape index (κ2) is 14.1. The smallest absolute Gasteiger partial charge is 0.306 e. The largest absolute Gasteiger partial charge is 0.461 e. The maximum atomic E-state index is 13.4. The number of Topliss-reactive ketones (excluding diaryl/α,β-unsaturated/α-hetero) is 2. The summed E-state index contributed by atoms with van der Waals surface area (Å²) in [6.45, 7) is 7.72. The fourth-order valence-electron chi connectivity index (χ4n) is 4.57. The highest BCUT2D eigenvalue weighted by Crippen LogP contribution is 2.24. The summed E-state index contributed by atoms with van der Waals surface area (Å²) in [5.41, 5.74) is 3.27. The highest BCUT2D eigenvalue weighted by atomic mass is 32.1. The van der Waals surface area contributed by atoms with E-state index in [0.717, 1.165) is 16.1 Å². The molecular weight excluding hydrogens is 518 g/mol. The molecule has 0 bridgehead atoms. The van der Waals surface area contributed by atoms with Gasteiger partial charge in [-0.3, -0.25) is 24.0 Å². The first-order valence-electron chi connectivity index (χ1n) is 13.3. The Morgan fingerprint density at radius 1 is 1.10 bits per heavy atom. The Morgan fingerprint density at radius 2 is 1.82 bits per heavy atom. The number of amides is 2. The Labute approximate surface area is 233 Å². The van der Waals surface area contributed by atoms with Crippen LogP contribution in [0.15, 0.2) is 35.8 Å². The van der Waals surface area contributed by atoms with Crippen molar-refractivity contribution in [2.75, 3.05) is 6.54 Å². The minimum Gasteiger partial charge on any atom is -0.461 e. The minimum atomic E-state index is -0.877. The molecule has 2 amide bonds. The topological polar surface area (TPSA) is 132 Å². The van der Waals surface area contributed by atoms with Crippen molar-refractivity contribution in [2.45, 2.75) is 66.0 Å². The molecule has 9 nitrogen and oxygen atoms in total. The molecule has 0 spiro atoms. The Hall–Kier alpha value is -3.40. The summed E-state index contributed by atoms with van der Waals surface area (Å²) in [6.07, 6.45) is 0.452. The van der Waals surface area contributed by atoms with Crippen molar-refractivity contribution in [1.29, 1.82) is 0 Å². The zero-order valence-electron chi connectivity index (χ0n) is 22.9. The Kier molecular flexibility index (Phi) is 10.9. The van der Waals surface area contributed by atoms with Crippen molar-refractivity contribution in [3.8, 4) is 0 Å². The fourth-order valence-corrected chi connectivity index (χ4v) is 5.37. The molecule has 0 radical (unpaired) electrons. The number of rotatable bonds is 11. The highest BCUT2D eigenvalue weighted by molar-refractivity contribution is 7.09. The van der Waals surface area contributed by atoms with E-state index in [-0.39, 0.29) is 43.5 Å². The van der Waals surface area contributed by atoms with Gasteiger partial charge in [-0.05, 0) is 17.4 Å². The molecule has 1 aromatic carbocycles. The van der Waals surface area contributed by atoms with Gasteiger partial charge in [-0.1, -0.05) is 58.0 Å². The molecule has 2 heterocycles. The summed E-state index contributed by atoms with van der Waals surface area (Å²) in [5, 5.41) is 5.45. The fraction of sp³-hybridized carbons (Fsp3) is 0.517. The van der Waals surface area contributed by atoms with E-state index >= 15 is 0 Å². The Balaban J connectivity index is 1.67. The molecule has 10 heteroatoms. The Morgan fingerprint density at radius 3 is 2.49 bits per heavy atom. The number of ketones is 2. The highest BCUT2D eigenvalue weighted by Gasteiger charge is 2.35. The summed E-state index contributed by atoms with van der Waals surface area (Å²) in [7, 11) is 0. The lowest BCUT2D eigenvalue weighted by Gasteiger charge is -2.27. The lowest BCUT2D eigenvalue weighted by molar-refractivity contribution is -0.149. The average Bonchev–Trinajstić information content (AvgIpc) is 3.35. The van der Waals surface area contributed by atoms with Gasteiger partial charge in [0.1, 0.15) is 6.61 Å². The summed E-state index contributed by atoms with van der Waals surface area (Å²) in [5.74, 6) is -4.64. The molecule has 1 aliphatic heterocycles. The van der Waals surface area contributed by atoms with E-state index in [2.05, 4.69) is 15.6 Å². The number of carbonyl (C=O) groups excluding carboxylic acids is 5. The molecule has 3 unspecified atom stereocenters. The normalized spacial score (nSPS) is 17.3. The summed E-state index contributed by atoms with van der Waals surface area (Å²) in [4.78, 5) is 69.9. The first kappa shape index (κ1) is 30.1. The van der Waals surface area contributed by atoms with Crippen LogP contribution in [0.5, 0.6) is 0 Å². The van der Waals surface area contributed by atoms with Gasteiger partial charge in [-0.25, -0.2) is 4.98 Å². The number of thiazole rings is 1. The number of esters is 1. The molecule has 39 heavy (non-hydrogen) atoms. The molecule has 1 aliphatic rings. The van der Waals surface area contributed by atoms with Crippen LogP contribution in [0.25, 0.3) is 0 Å². The zero-order chi connectivity index (χ0) is 28.5. The third-order valence-corrected chi connectivity index (χ3v) is 7.86. The van der Waals surface area contributed by atoms with Crippen LogP contribution < -0.4 is 10.6 Å². The average molecular weight is 556 g/mol. The van der Waals surface area contributed by atoms with Crippen LogP contribution in [0.4, 0.5) is 0 Å². The predicted molar refractivity (Wildman–Crippen MR) is 147 cm³/mol. The van der Waals surface area contributed by atoms with Gasteiger partial charge in [-0.15, -0.1) is 11.3 Å². The van der Waals surface area contributed by atoms with Crippen LogP contribution in [0.1, 0.15) is 56.7 Å². The molecule has 0 saturated carbocycles.